The molecule has 0 unspecified atom stereocenters. The summed E-state index contributed by atoms with van der Waals surface area (Å²) in [5.41, 5.74) is 4.14. The van der Waals surface area contributed by atoms with Crippen LogP contribution in [0.3, 0.4) is 0 Å². The number of benzene rings is 1. The van der Waals surface area contributed by atoms with Gasteiger partial charge in [-0.2, -0.15) is 0 Å². The van der Waals surface area contributed by atoms with Crippen LogP contribution in [0.25, 0.3) is 10.1 Å². The van der Waals surface area contributed by atoms with Gasteiger partial charge in [0.2, 0.25) is 0 Å². The largest absolute Gasteiger partial charge is 0.305 e. The molecule has 0 atom stereocenters. The lowest BCUT2D eigenvalue weighted by Crippen LogP contribution is -2.21. The number of nitrogens with zero attached hydrogens (tertiary/aromatic N) is 1. The second-order valence-corrected chi connectivity index (χ2v) is 5.26. The Balaban J connectivity index is 2.50. The summed E-state index contributed by atoms with van der Waals surface area (Å²) >= 11 is 1.82. The third-order valence-corrected chi connectivity index (χ3v) is 3.73. The molecule has 0 aliphatic rings. The van der Waals surface area contributed by atoms with E-state index in [1.807, 2.05) is 11.3 Å². The van der Waals surface area contributed by atoms with Crippen molar-refractivity contribution in [2.24, 2.45) is 5.84 Å². The van der Waals surface area contributed by atoms with Crippen LogP contribution in [0.1, 0.15) is 10.4 Å². The summed E-state index contributed by atoms with van der Waals surface area (Å²) < 4.78 is 1.34. The number of hydrogen-bond donors (Lipinski definition) is 2. The second kappa shape index (κ2) is 4.93. The second-order valence-electron chi connectivity index (χ2n) is 4.12. The van der Waals surface area contributed by atoms with Gasteiger partial charge in [0.15, 0.2) is 0 Å². The van der Waals surface area contributed by atoms with Gasteiger partial charge in [-0.15, -0.1) is 11.3 Å². The van der Waals surface area contributed by atoms with Crippen molar-refractivity contribution in [3.8, 4) is 0 Å². The Morgan fingerprint density at radius 3 is 2.75 bits per heavy atom. The molecule has 0 saturated heterocycles. The Kier molecular flexibility index (Phi) is 3.56. The first-order chi connectivity index (χ1) is 7.72. The summed E-state index contributed by atoms with van der Waals surface area (Å²) in [5.74, 6) is 5.43. The van der Waals surface area contributed by atoms with E-state index < -0.39 is 0 Å². The first-order valence-electron chi connectivity index (χ1n) is 5.30. The lowest BCUT2D eigenvalue weighted by Gasteiger charge is -2.11. The minimum Gasteiger partial charge on any atom is -0.305 e. The summed E-state index contributed by atoms with van der Waals surface area (Å²) in [6.45, 7) is 1.70. The molecule has 0 fully saturated rings. The fourth-order valence-electron chi connectivity index (χ4n) is 1.87. The lowest BCUT2D eigenvalue weighted by molar-refractivity contribution is 0.403. The van der Waals surface area contributed by atoms with Crippen molar-refractivity contribution in [3.63, 3.8) is 0 Å². The van der Waals surface area contributed by atoms with E-state index >= 15 is 0 Å². The summed E-state index contributed by atoms with van der Waals surface area (Å²) in [6, 6.07) is 8.52. The SMILES string of the molecule is CN(C)Cc1c(CNN)sc2ccccc12. The van der Waals surface area contributed by atoms with Crippen molar-refractivity contribution in [3.05, 3.63) is 34.7 Å². The number of nitrogens with one attached hydrogen (secondary N) is 1. The van der Waals surface area contributed by atoms with Crippen molar-refractivity contribution in [1.82, 2.24) is 10.3 Å². The predicted octanol–water partition coefficient (Wildman–Crippen LogP) is 1.93. The van der Waals surface area contributed by atoms with Crippen molar-refractivity contribution in [2.45, 2.75) is 13.1 Å². The van der Waals surface area contributed by atoms with Gasteiger partial charge in [0.1, 0.15) is 0 Å². The smallest absolute Gasteiger partial charge is 0.0446 e. The van der Waals surface area contributed by atoms with Crippen LogP contribution >= 0.6 is 11.3 Å². The quantitative estimate of drug-likeness (QED) is 0.628. The molecule has 0 aliphatic heterocycles. The Bertz CT molecular complexity index is 476. The van der Waals surface area contributed by atoms with E-state index in [2.05, 4.69) is 48.7 Å². The molecule has 1 aromatic heterocycles. The summed E-state index contributed by atoms with van der Waals surface area (Å²) in [7, 11) is 4.18. The van der Waals surface area contributed by atoms with Crippen LogP contribution in [-0.4, -0.2) is 19.0 Å². The zero-order chi connectivity index (χ0) is 11.5. The molecule has 0 spiro atoms. The van der Waals surface area contributed by atoms with E-state index in [1.54, 1.807) is 0 Å². The highest BCUT2D eigenvalue weighted by molar-refractivity contribution is 7.19. The molecule has 3 nitrogen and oxygen atoms in total. The Morgan fingerprint density at radius 2 is 2.06 bits per heavy atom. The van der Waals surface area contributed by atoms with E-state index in [0.29, 0.717) is 0 Å². The molecule has 1 aromatic carbocycles. The molecular weight excluding hydrogens is 218 g/mol. The fraction of sp³-hybridized carbons (Fsp3) is 0.333. The predicted molar refractivity (Wildman–Crippen MR) is 70.2 cm³/mol. The molecule has 16 heavy (non-hydrogen) atoms. The Hall–Kier alpha value is -0.940. The van der Waals surface area contributed by atoms with Crippen molar-refractivity contribution in [2.75, 3.05) is 14.1 Å². The molecular formula is C12H17N3S. The summed E-state index contributed by atoms with van der Waals surface area (Å²) in [6.07, 6.45) is 0. The Labute approximate surface area is 99.8 Å². The maximum Gasteiger partial charge on any atom is 0.0446 e. The zero-order valence-electron chi connectivity index (χ0n) is 9.66. The molecule has 0 saturated carbocycles. The molecule has 4 heteroatoms. The topological polar surface area (TPSA) is 41.3 Å². The molecule has 2 aromatic rings. The highest BCUT2D eigenvalue weighted by Gasteiger charge is 2.11. The minimum atomic E-state index is 0.739. The maximum atomic E-state index is 5.43. The van der Waals surface area contributed by atoms with Gasteiger partial charge in [-0.3, -0.25) is 11.3 Å². The molecule has 2 rings (SSSR count). The molecule has 0 aliphatic carbocycles. The third kappa shape index (κ3) is 2.25. The fourth-order valence-corrected chi connectivity index (χ4v) is 3.04. The summed E-state index contributed by atoms with van der Waals surface area (Å²) in [5, 5.41) is 1.35. The molecule has 0 bridgehead atoms. The van der Waals surface area contributed by atoms with Crippen LogP contribution < -0.4 is 11.3 Å². The van der Waals surface area contributed by atoms with E-state index in [-0.39, 0.29) is 0 Å². The van der Waals surface area contributed by atoms with E-state index in [0.717, 1.165) is 13.1 Å². The normalized spacial score (nSPS) is 11.5. The number of hydrogen-bond acceptors (Lipinski definition) is 4. The third-order valence-electron chi connectivity index (χ3n) is 2.52. The van der Waals surface area contributed by atoms with Gasteiger partial charge in [0.05, 0.1) is 0 Å². The van der Waals surface area contributed by atoms with Gasteiger partial charge in [0, 0.05) is 22.7 Å². The number of fused-ring (bicyclic) bond motifs is 1. The van der Waals surface area contributed by atoms with Crippen molar-refractivity contribution in [1.29, 1.82) is 0 Å². The molecule has 1 heterocycles. The molecule has 86 valence electrons. The van der Waals surface area contributed by atoms with E-state index in [1.165, 1.54) is 20.5 Å². The number of hydrazine groups is 1. The van der Waals surface area contributed by atoms with Crippen LogP contribution in [0.15, 0.2) is 24.3 Å². The maximum absolute atomic E-state index is 5.43. The van der Waals surface area contributed by atoms with Crippen molar-refractivity contribution >= 4 is 21.4 Å². The van der Waals surface area contributed by atoms with Gasteiger partial charge in [-0.1, -0.05) is 18.2 Å². The first-order valence-corrected chi connectivity index (χ1v) is 6.11. The lowest BCUT2D eigenvalue weighted by atomic mass is 10.1. The summed E-state index contributed by atoms with van der Waals surface area (Å²) in [4.78, 5) is 3.52. The van der Waals surface area contributed by atoms with Crippen LogP contribution in [0.5, 0.6) is 0 Å². The monoisotopic (exact) mass is 235 g/mol. The molecule has 0 amide bonds. The average molecular weight is 235 g/mol. The number of thiophene rings is 1. The van der Waals surface area contributed by atoms with E-state index in [9.17, 15) is 0 Å². The molecule has 0 radical (unpaired) electrons. The standard InChI is InChI=1S/C12H17N3S/c1-15(2)8-10-9-5-3-4-6-11(9)16-12(10)7-14-13/h3-6,14H,7-8,13H2,1-2H3. The van der Waals surface area contributed by atoms with Crippen LogP contribution in [0.4, 0.5) is 0 Å². The highest BCUT2D eigenvalue weighted by Crippen LogP contribution is 2.31. The van der Waals surface area contributed by atoms with Gasteiger partial charge < -0.3 is 4.90 Å². The number of rotatable bonds is 4. The average Bonchev–Trinajstić information content (AvgIpc) is 2.57. The highest BCUT2D eigenvalue weighted by atomic mass is 32.1. The zero-order valence-corrected chi connectivity index (χ0v) is 10.5. The first kappa shape index (κ1) is 11.5. The van der Waals surface area contributed by atoms with Crippen molar-refractivity contribution < 1.29 is 0 Å². The van der Waals surface area contributed by atoms with Gasteiger partial charge in [-0.05, 0) is 31.1 Å². The van der Waals surface area contributed by atoms with Crippen LogP contribution in [0.2, 0.25) is 0 Å². The minimum absolute atomic E-state index is 0.739. The van der Waals surface area contributed by atoms with E-state index in [4.69, 9.17) is 5.84 Å². The van der Waals surface area contributed by atoms with Gasteiger partial charge >= 0.3 is 0 Å². The van der Waals surface area contributed by atoms with Crippen LogP contribution in [-0.2, 0) is 13.1 Å². The Morgan fingerprint density at radius 1 is 1.31 bits per heavy atom. The number of nitrogens with two attached hydrogens (primary N) is 1. The van der Waals surface area contributed by atoms with Crippen LogP contribution in [0, 0.1) is 0 Å². The van der Waals surface area contributed by atoms with Gasteiger partial charge in [0.25, 0.3) is 0 Å². The molecule has 3 N–H and O–H groups in total. The van der Waals surface area contributed by atoms with Gasteiger partial charge in [-0.25, -0.2) is 0 Å².